The van der Waals surface area contributed by atoms with Gasteiger partial charge in [-0.05, 0) is 44.9 Å². The fraction of sp³-hybridized carbons (Fsp3) is 0.960. The number of hydrogen-bond donors (Lipinski definition) is 4. The second-order valence-corrected chi connectivity index (χ2v) is 12.7. The number of nitrogens with one attached hydrogen (secondary N) is 1. The number of hydrogen-bond acceptors (Lipinski definition) is 8. The summed E-state index contributed by atoms with van der Waals surface area (Å²) in [6, 6.07) is -1.19. The molecule has 3 saturated heterocycles. The largest absolute Gasteiger partial charge is 0.388 e. The molecule has 10 heteroatoms. The van der Waals surface area contributed by atoms with Gasteiger partial charge in [-0.3, -0.25) is 9.69 Å². The molecule has 4 N–H and O–H groups in total. The quantitative estimate of drug-likeness (QED) is 0.380. The smallest absolute Gasteiger partial charge is 0.240 e. The van der Waals surface area contributed by atoms with E-state index in [0.29, 0.717) is 18.4 Å². The minimum atomic E-state index is -1.39. The maximum absolute atomic E-state index is 13.6. The average Bonchev–Trinajstić information content (AvgIpc) is 3.01. The lowest BCUT2D eigenvalue weighted by Crippen LogP contribution is -2.65. The molecule has 0 aromatic heterocycles. The van der Waals surface area contributed by atoms with Gasteiger partial charge in [0.25, 0.3) is 0 Å². The van der Waals surface area contributed by atoms with Gasteiger partial charge in [0.05, 0.1) is 17.5 Å². The number of aliphatic hydroxyl groups excluding tert-OH is 3. The number of likely N-dealkylation sites (N-methyl/N-ethyl adjacent to an activating group) is 1. The van der Waals surface area contributed by atoms with Crippen LogP contribution < -0.4 is 5.32 Å². The molecule has 0 aromatic carbocycles. The van der Waals surface area contributed by atoms with Crippen molar-refractivity contribution in [2.75, 3.05) is 26.5 Å². The van der Waals surface area contributed by atoms with Crippen LogP contribution in [0, 0.1) is 17.8 Å². The molecule has 0 bridgehead atoms. The van der Waals surface area contributed by atoms with E-state index in [1.807, 2.05) is 7.05 Å². The number of halogens is 1. The topological polar surface area (TPSA) is 111 Å². The van der Waals surface area contributed by atoms with E-state index in [-0.39, 0.29) is 12.0 Å². The summed E-state index contributed by atoms with van der Waals surface area (Å²) in [6.07, 6.45) is 5.45. The highest BCUT2D eigenvalue weighted by Gasteiger charge is 2.51. The number of amides is 1. The number of fused-ring (bicyclic) bond motifs is 1. The predicted molar refractivity (Wildman–Crippen MR) is 136 cm³/mol. The minimum Gasteiger partial charge on any atom is -0.388 e. The monoisotopic (exact) mass is 534 g/mol. The molecule has 6 unspecified atom stereocenters. The van der Waals surface area contributed by atoms with Crippen molar-refractivity contribution in [1.29, 1.82) is 0 Å². The number of aliphatic hydroxyl groups is 3. The Bertz CT molecular complexity index is 711. The molecule has 0 spiro atoms. The highest BCUT2D eigenvalue weighted by atomic mass is 35.5. The van der Waals surface area contributed by atoms with E-state index in [9.17, 15) is 20.1 Å². The number of thioether (sulfide) groups is 1. The number of likely N-dealkylation sites (tertiary alicyclic amines) is 1. The molecule has 3 aliphatic heterocycles. The van der Waals surface area contributed by atoms with E-state index in [2.05, 4.69) is 10.2 Å². The number of ether oxygens (including phenoxy) is 2. The Morgan fingerprint density at radius 3 is 2.43 bits per heavy atom. The molecule has 4 aliphatic rings. The van der Waals surface area contributed by atoms with Gasteiger partial charge in [-0.1, -0.05) is 32.1 Å². The van der Waals surface area contributed by atoms with Crippen LogP contribution in [0.15, 0.2) is 0 Å². The van der Waals surface area contributed by atoms with Gasteiger partial charge in [0, 0.05) is 19.1 Å². The molecule has 1 saturated carbocycles. The molecule has 8 nitrogen and oxygen atoms in total. The summed E-state index contributed by atoms with van der Waals surface area (Å²) in [5.74, 6) is 1.55. The lowest BCUT2D eigenvalue weighted by atomic mass is 9.75. The van der Waals surface area contributed by atoms with Crippen LogP contribution in [0.4, 0.5) is 0 Å². The first-order valence-corrected chi connectivity index (χ1v) is 14.9. The van der Waals surface area contributed by atoms with E-state index in [1.54, 1.807) is 13.2 Å². The zero-order valence-electron chi connectivity index (χ0n) is 21.1. The van der Waals surface area contributed by atoms with E-state index in [4.69, 9.17) is 21.1 Å². The number of rotatable bonds is 6. The molecule has 0 aromatic rings. The SMILES string of the molecule is CSC1OC([C@H](NC(=O)[C@@H]2[C@@H]3OCCC(C4CCCCC4)C[C@H]3CN2C)[C@H](C)Cl)C(O)C(O)C1O. The van der Waals surface area contributed by atoms with Gasteiger partial charge in [0.15, 0.2) is 0 Å². The molecule has 1 aliphatic carbocycles. The van der Waals surface area contributed by atoms with Crippen LogP contribution in [0.1, 0.15) is 51.9 Å². The summed E-state index contributed by atoms with van der Waals surface area (Å²) in [4.78, 5) is 15.7. The maximum Gasteiger partial charge on any atom is 0.240 e. The van der Waals surface area contributed by atoms with Gasteiger partial charge in [-0.2, -0.15) is 0 Å². The van der Waals surface area contributed by atoms with Crippen molar-refractivity contribution in [1.82, 2.24) is 10.2 Å². The van der Waals surface area contributed by atoms with Gasteiger partial charge in [-0.25, -0.2) is 0 Å². The second kappa shape index (κ2) is 12.2. The summed E-state index contributed by atoms with van der Waals surface area (Å²) in [5.41, 5.74) is -0.728. The van der Waals surface area contributed by atoms with Crippen LogP contribution in [0.25, 0.3) is 0 Å². The summed E-state index contributed by atoms with van der Waals surface area (Å²) < 4.78 is 12.2. The number of alkyl halides is 1. The van der Waals surface area contributed by atoms with Gasteiger partial charge in [0.2, 0.25) is 5.91 Å². The fourth-order valence-electron chi connectivity index (χ4n) is 6.85. The van der Waals surface area contributed by atoms with Gasteiger partial charge < -0.3 is 30.1 Å². The van der Waals surface area contributed by atoms with Crippen LogP contribution in [-0.4, -0.2) is 106 Å². The van der Waals surface area contributed by atoms with Crippen LogP contribution in [0.3, 0.4) is 0 Å². The molecule has 4 rings (SSSR count). The van der Waals surface area contributed by atoms with Gasteiger partial charge in [0.1, 0.15) is 35.9 Å². The third-order valence-electron chi connectivity index (χ3n) is 8.76. The van der Waals surface area contributed by atoms with Crippen molar-refractivity contribution in [3.05, 3.63) is 0 Å². The van der Waals surface area contributed by atoms with Crippen molar-refractivity contribution < 1.29 is 29.6 Å². The first kappa shape index (κ1) is 27.9. The van der Waals surface area contributed by atoms with Gasteiger partial charge >= 0.3 is 0 Å². The minimum absolute atomic E-state index is 0.177. The fourth-order valence-corrected chi connectivity index (χ4v) is 7.74. The van der Waals surface area contributed by atoms with Crippen molar-refractivity contribution in [2.24, 2.45) is 17.8 Å². The molecule has 11 atom stereocenters. The molecule has 35 heavy (non-hydrogen) atoms. The Morgan fingerprint density at radius 2 is 1.77 bits per heavy atom. The van der Waals surface area contributed by atoms with Crippen LogP contribution in [-0.2, 0) is 14.3 Å². The summed E-state index contributed by atoms with van der Waals surface area (Å²) in [5, 5.41) is 33.7. The maximum atomic E-state index is 13.6. The number of carbonyl (C=O) groups is 1. The third-order valence-corrected chi connectivity index (χ3v) is 9.89. The zero-order chi connectivity index (χ0) is 25.3. The molecule has 202 valence electrons. The van der Waals surface area contributed by atoms with Crippen molar-refractivity contribution in [2.45, 2.75) is 105 Å². The summed E-state index contributed by atoms with van der Waals surface area (Å²) in [6.45, 7) is 3.22. The Labute approximate surface area is 218 Å². The first-order valence-electron chi connectivity index (χ1n) is 13.2. The standard InChI is InChI=1S/C25H43ClN2O6S/c1-13(26)17(23-20(30)19(29)21(31)25(34-23)35-3)27-24(32)18-22-16(12-28(18)2)11-15(9-10-33-22)14-7-5-4-6-8-14/h13-23,25,29-31H,4-12H2,1-3H3,(H,27,32)/t13-,15?,16-,17+,18-,19?,20?,21?,22+,23?,25?/m0/s1. The van der Waals surface area contributed by atoms with Crippen LogP contribution in [0.5, 0.6) is 0 Å². The number of carbonyl (C=O) groups excluding carboxylic acids is 1. The van der Waals surface area contributed by atoms with Gasteiger partial charge in [-0.15, -0.1) is 23.4 Å². The number of nitrogens with zero attached hydrogens (tertiary/aromatic N) is 1. The molecular formula is C25H43ClN2O6S. The van der Waals surface area contributed by atoms with Crippen LogP contribution in [0.2, 0.25) is 0 Å². The Balaban J connectivity index is 1.45. The Morgan fingerprint density at radius 1 is 1.06 bits per heavy atom. The Hall–Kier alpha value is -0.130. The van der Waals surface area contributed by atoms with E-state index in [1.165, 1.54) is 43.9 Å². The molecule has 3 heterocycles. The molecule has 1 amide bonds. The van der Waals surface area contributed by atoms with Crippen LogP contribution >= 0.6 is 23.4 Å². The third kappa shape index (κ3) is 5.98. The summed E-state index contributed by atoms with van der Waals surface area (Å²) >= 11 is 7.71. The average molecular weight is 535 g/mol. The molecule has 0 radical (unpaired) electrons. The molecule has 4 fully saturated rings. The predicted octanol–water partition coefficient (Wildman–Crippen LogP) is 1.57. The van der Waals surface area contributed by atoms with Crippen molar-refractivity contribution in [3.8, 4) is 0 Å². The highest BCUT2D eigenvalue weighted by Crippen LogP contribution is 2.41. The van der Waals surface area contributed by atoms with Crippen molar-refractivity contribution in [3.63, 3.8) is 0 Å². The lowest BCUT2D eigenvalue weighted by Gasteiger charge is -2.44. The first-order chi connectivity index (χ1) is 16.7. The normalized spacial score (nSPS) is 43.2. The van der Waals surface area contributed by atoms with E-state index >= 15 is 0 Å². The second-order valence-electron chi connectivity index (χ2n) is 11.1. The Kier molecular flexibility index (Phi) is 9.69. The highest BCUT2D eigenvalue weighted by molar-refractivity contribution is 7.99. The summed E-state index contributed by atoms with van der Waals surface area (Å²) in [7, 11) is 1.97. The lowest BCUT2D eigenvalue weighted by molar-refractivity contribution is -0.205. The van der Waals surface area contributed by atoms with Crippen molar-refractivity contribution >= 4 is 29.3 Å². The molecular weight excluding hydrogens is 492 g/mol. The van der Waals surface area contributed by atoms with E-state index < -0.39 is 47.3 Å². The zero-order valence-corrected chi connectivity index (χ0v) is 22.7. The van der Waals surface area contributed by atoms with E-state index in [0.717, 1.165) is 25.3 Å².